The number of amides is 2. The van der Waals surface area contributed by atoms with Crippen molar-refractivity contribution < 1.29 is 19.5 Å². The van der Waals surface area contributed by atoms with Crippen LogP contribution >= 0.6 is 0 Å². The lowest BCUT2D eigenvalue weighted by Crippen LogP contribution is -2.54. The fourth-order valence-corrected chi connectivity index (χ4v) is 1.08. The molecule has 0 aromatic rings. The number of hydrogen-bond acceptors (Lipinski definition) is 4. The van der Waals surface area contributed by atoms with Gasteiger partial charge < -0.3 is 10.0 Å². The van der Waals surface area contributed by atoms with E-state index in [9.17, 15) is 14.4 Å². The molecule has 1 aliphatic rings. The van der Waals surface area contributed by atoms with Crippen LogP contribution < -0.4 is 5.32 Å². The molecule has 1 saturated heterocycles. The van der Waals surface area contributed by atoms with E-state index in [4.69, 9.17) is 5.11 Å². The van der Waals surface area contributed by atoms with Crippen molar-refractivity contribution >= 4 is 17.8 Å². The van der Waals surface area contributed by atoms with Crippen molar-refractivity contribution in [2.45, 2.75) is 13.0 Å². The monoisotopic (exact) mass is 198 g/mol. The highest BCUT2D eigenvalue weighted by Gasteiger charge is 2.27. The molecular weight excluding hydrogens is 188 g/mol. The summed E-state index contributed by atoms with van der Waals surface area (Å²) >= 11 is 0. The Hall–Kier alpha value is -1.85. The van der Waals surface area contributed by atoms with Crippen molar-refractivity contribution in [3.63, 3.8) is 0 Å². The van der Waals surface area contributed by atoms with Crippen molar-refractivity contribution in [1.82, 2.24) is 10.2 Å². The number of rotatable bonds is 2. The molecule has 0 aromatic carbocycles. The first kappa shape index (κ1) is 10.2. The fourth-order valence-electron chi connectivity index (χ4n) is 1.08. The summed E-state index contributed by atoms with van der Waals surface area (Å²) in [5.41, 5.74) is 0. The first-order chi connectivity index (χ1) is 6.50. The Bertz CT molecular complexity index is 310. The number of nitrogens with zero attached hydrogens (tertiary/aromatic N) is 1. The van der Waals surface area contributed by atoms with Crippen LogP contribution in [0.5, 0.6) is 0 Å². The molecule has 14 heavy (non-hydrogen) atoms. The maximum atomic E-state index is 11.1. The lowest BCUT2D eigenvalue weighted by atomic mass is 10.2. The molecule has 0 saturated carbocycles. The zero-order valence-electron chi connectivity index (χ0n) is 7.56. The molecule has 1 fully saturated rings. The summed E-state index contributed by atoms with van der Waals surface area (Å²) in [6, 6.07) is -0.525. The van der Waals surface area contributed by atoms with E-state index >= 15 is 0 Å². The van der Waals surface area contributed by atoms with Gasteiger partial charge >= 0.3 is 5.97 Å². The Labute approximate surface area is 80.2 Å². The van der Waals surface area contributed by atoms with Crippen molar-refractivity contribution in [2.24, 2.45) is 0 Å². The molecule has 0 radical (unpaired) electrons. The lowest BCUT2D eigenvalue weighted by molar-refractivity contribution is -0.138. The van der Waals surface area contributed by atoms with Crippen LogP contribution in [0.3, 0.4) is 0 Å². The van der Waals surface area contributed by atoms with Crippen LogP contribution in [0, 0.1) is 0 Å². The summed E-state index contributed by atoms with van der Waals surface area (Å²) in [5, 5.41) is 10.5. The molecule has 2 N–H and O–H groups in total. The zero-order valence-corrected chi connectivity index (χ0v) is 7.56. The van der Waals surface area contributed by atoms with Crippen molar-refractivity contribution in [3.05, 3.63) is 12.3 Å². The number of piperazine rings is 1. The van der Waals surface area contributed by atoms with Crippen LogP contribution in [0.25, 0.3) is 0 Å². The molecule has 1 heterocycles. The number of imide groups is 1. The average molecular weight is 198 g/mol. The number of hydrogen-bond donors (Lipinski definition) is 2. The second kappa shape index (κ2) is 3.91. The molecule has 2 amide bonds. The Morgan fingerprint density at radius 1 is 1.64 bits per heavy atom. The smallest absolute Gasteiger partial charge is 0.329 e. The zero-order chi connectivity index (χ0) is 10.7. The Morgan fingerprint density at radius 3 is 2.86 bits per heavy atom. The van der Waals surface area contributed by atoms with Crippen molar-refractivity contribution in [3.8, 4) is 0 Å². The number of nitrogens with one attached hydrogen (secondary N) is 1. The summed E-state index contributed by atoms with van der Waals surface area (Å²) in [4.78, 5) is 33.6. The highest BCUT2D eigenvalue weighted by atomic mass is 16.4. The summed E-state index contributed by atoms with van der Waals surface area (Å²) in [6.45, 7) is 1.59. The minimum Gasteiger partial charge on any atom is -0.478 e. The van der Waals surface area contributed by atoms with Gasteiger partial charge in [-0.25, -0.2) is 4.79 Å². The number of carboxylic acids is 1. The van der Waals surface area contributed by atoms with Gasteiger partial charge in [0, 0.05) is 12.3 Å². The fraction of sp³-hybridized carbons (Fsp3) is 0.375. The number of carbonyl (C=O) groups is 3. The van der Waals surface area contributed by atoms with Gasteiger partial charge in [-0.15, -0.1) is 0 Å². The van der Waals surface area contributed by atoms with E-state index in [1.807, 2.05) is 0 Å². The molecule has 76 valence electrons. The summed E-state index contributed by atoms with van der Waals surface area (Å²) in [5.74, 6) is -1.96. The molecule has 1 unspecified atom stereocenters. The summed E-state index contributed by atoms with van der Waals surface area (Å²) in [7, 11) is 0. The standard InChI is InChI=1S/C8H10N2O4/c1-5-8(14)9-6(11)4-10(5)3-2-7(12)13/h2-3,5H,4H2,1H3,(H,12,13)(H,9,11,14)/b3-2+. The number of aliphatic carboxylic acids is 1. The molecule has 1 rings (SSSR count). The minimum absolute atomic E-state index is 0.00329. The largest absolute Gasteiger partial charge is 0.478 e. The van der Waals surface area contributed by atoms with Gasteiger partial charge in [-0.2, -0.15) is 0 Å². The molecule has 1 atom stereocenters. The maximum Gasteiger partial charge on any atom is 0.329 e. The third kappa shape index (κ3) is 2.32. The van der Waals surface area contributed by atoms with Crippen LogP contribution in [0.4, 0.5) is 0 Å². The van der Waals surface area contributed by atoms with E-state index in [1.165, 1.54) is 11.1 Å². The average Bonchev–Trinajstić information content (AvgIpc) is 2.08. The van der Waals surface area contributed by atoms with E-state index in [1.54, 1.807) is 6.92 Å². The summed E-state index contributed by atoms with van der Waals surface area (Å²) < 4.78 is 0. The van der Waals surface area contributed by atoms with Gasteiger partial charge in [0.1, 0.15) is 6.04 Å². The molecule has 0 spiro atoms. The predicted molar refractivity (Wildman–Crippen MR) is 46.1 cm³/mol. The normalized spacial score (nSPS) is 22.6. The second-order valence-electron chi connectivity index (χ2n) is 2.91. The second-order valence-corrected chi connectivity index (χ2v) is 2.91. The minimum atomic E-state index is -1.12. The third-order valence-corrected chi connectivity index (χ3v) is 1.87. The first-order valence-corrected chi connectivity index (χ1v) is 4.01. The predicted octanol–water partition coefficient (Wildman–Crippen LogP) is -1.07. The molecule has 6 heteroatoms. The van der Waals surface area contributed by atoms with Gasteiger partial charge in [0.05, 0.1) is 6.54 Å². The van der Waals surface area contributed by atoms with E-state index in [0.717, 1.165) is 6.08 Å². The van der Waals surface area contributed by atoms with Crippen LogP contribution in [-0.2, 0) is 14.4 Å². The van der Waals surface area contributed by atoms with Gasteiger partial charge in [-0.1, -0.05) is 0 Å². The van der Waals surface area contributed by atoms with Crippen LogP contribution in [0.1, 0.15) is 6.92 Å². The maximum absolute atomic E-state index is 11.1. The molecule has 0 aliphatic carbocycles. The van der Waals surface area contributed by atoms with Crippen LogP contribution in [-0.4, -0.2) is 40.4 Å². The molecule has 0 bridgehead atoms. The van der Waals surface area contributed by atoms with E-state index in [2.05, 4.69) is 5.32 Å². The van der Waals surface area contributed by atoms with E-state index in [-0.39, 0.29) is 6.54 Å². The van der Waals surface area contributed by atoms with Gasteiger partial charge in [-0.3, -0.25) is 14.9 Å². The van der Waals surface area contributed by atoms with Crippen LogP contribution in [0.2, 0.25) is 0 Å². The number of carboxylic acid groups (broad SMARTS) is 1. The lowest BCUT2D eigenvalue weighted by Gasteiger charge is -2.30. The number of carbonyl (C=O) groups excluding carboxylic acids is 2. The van der Waals surface area contributed by atoms with Gasteiger partial charge in [0.2, 0.25) is 11.8 Å². The van der Waals surface area contributed by atoms with E-state index in [0.29, 0.717) is 0 Å². The van der Waals surface area contributed by atoms with Gasteiger partial charge in [0.15, 0.2) is 0 Å². The third-order valence-electron chi connectivity index (χ3n) is 1.87. The van der Waals surface area contributed by atoms with Crippen molar-refractivity contribution in [2.75, 3.05) is 6.54 Å². The van der Waals surface area contributed by atoms with E-state index < -0.39 is 23.8 Å². The highest BCUT2D eigenvalue weighted by Crippen LogP contribution is 2.04. The van der Waals surface area contributed by atoms with Crippen molar-refractivity contribution in [1.29, 1.82) is 0 Å². The molecule has 0 aromatic heterocycles. The Kier molecular flexibility index (Phi) is 2.85. The molecular formula is C8H10N2O4. The summed E-state index contributed by atoms with van der Waals surface area (Å²) in [6.07, 6.45) is 2.12. The quantitative estimate of drug-likeness (QED) is 0.436. The van der Waals surface area contributed by atoms with Gasteiger partial charge in [0.25, 0.3) is 0 Å². The first-order valence-electron chi connectivity index (χ1n) is 4.01. The Balaban J connectivity index is 2.71. The Morgan fingerprint density at radius 2 is 2.29 bits per heavy atom. The molecule has 1 aliphatic heterocycles. The van der Waals surface area contributed by atoms with Gasteiger partial charge in [-0.05, 0) is 6.92 Å². The highest BCUT2D eigenvalue weighted by molar-refractivity contribution is 6.01. The molecule has 6 nitrogen and oxygen atoms in total. The van der Waals surface area contributed by atoms with Crippen LogP contribution in [0.15, 0.2) is 12.3 Å². The SMILES string of the molecule is CC1C(=O)NC(=O)CN1/C=C/C(=O)O. The topological polar surface area (TPSA) is 86.7 Å².